The van der Waals surface area contributed by atoms with Crippen LogP contribution in [0.5, 0.6) is 0 Å². The molecular formula is C16H23NO4. The predicted molar refractivity (Wildman–Crippen MR) is 79.9 cm³/mol. The third-order valence-corrected chi connectivity index (χ3v) is 3.21. The Morgan fingerprint density at radius 1 is 1.19 bits per heavy atom. The van der Waals surface area contributed by atoms with Crippen LogP contribution in [0.4, 0.5) is 4.79 Å². The topological polar surface area (TPSA) is 66.8 Å². The number of ether oxygens (including phenoxy) is 1. The molecular weight excluding hydrogens is 270 g/mol. The Labute approximate surface area is 125 Å². The summed E-state index contributed by atoms with van der Waals surface area (Å²) in [5.41, 5.74) is 0.873. The van der Waals surface area contributed by atoms with E-state index in [9.17, 15) is 9.59 Å². The van der Waals surface area contributed by atoms with Crippen LogP contribution in [-0.4, -0.2) is 34.7 Å². The molecule has 21 heavy (non-hydrogen) atoms. The number of nitrogens with zero attached hydrogens (tertiary/aromatic N) is 1. The summed E-state index contributed by atoms with van der Waals surface area (Å²) in [6.07, 6.45) is 0.146. The standard InChI is InChI=1S/C16H23NO4/c1-12(2)9-10-17(13(3)15(18)19)16(20)21-11-14-7-5-4-6-8-14/h4-8,12-13H,9-11H2,1-3H3,(H,18,19). The molecule has 1 unspecified atom stereocenters. The Hall–Kier alpha value is -2.04. The fraction of sp³-hybridized carbons (Fsp3) is 0.500. The van der Waals surface area contributed by atoms with Crippen molar-refractivity contribution in [2.75, 3.05) is 6.54 Å². The molecule has 0 fully saturated rings. The minimum atomic E-state index is -1.03. The summed E-state index contributed by atoms with van der Waals surface area (Å²) in [7, 11) is 0. The number of aliphatic carboxylic acids is 1. The van der Waals surface area contributed by atoms with Crippen LogP contribution in [0.1, 0.15) is 32.8 Å². The highest BCUT2D eigenvalue weighted by molar-refractivity contribution is 5.79. The Balaban J connectivity index is 2.63. The number of carbonyl (C=O) groups excluding carboxylic acids is 1. The van der Waals surface area contributed by atoms with Gasteiger partial charge in [0.1, 0.15) is 12.6 Å². The van der Waals surface area contributed by atoms with Gasteiger partial charge < -0.3 is 9.84 Å². The molecule has 0 aliphatic rings. The summed E-state index contributed by atoms with van der Waals surface area (Å²) >= 11 is 0. The zero-order chi connectivity index (χ0) is 15.8. The van der Waals surface area contributed by atoms with E-state index in [1.54, 1.807) is 0 Å². The first-order valence-electron chi connectivity index (χ1n) is 7.12. The largest absolute Gasteiger partial charge is 0.480 e. The average Bonchev–Trinajstić information content (AvgIpc) is 2.45. The quantitative estimate of drug-likeness (QED) is 0.838. The van der Waals surface area contributed by atoms with Crippen LogP contribution in [-0.2, 0) is 16.1 Å². The lowest BCUT2D eigenvalue weighted by atomic mass is 10.1. The van der Waals surface area contributed by atoms with Gasteiger partial charge in [-0.05, 0) is 24.8 Å². The van der Waals surface area contributed by atoms with Gasteiger partial charge in [0.2, 0.25) is 0 Å². The first-order chi connectivity index (χ1) is 9.91. The van der Waals surface area contributed by atoms with Gasteiger partial charge in [-0.25, -0.2) is 9.59 Å². The molecule has 1 amide bonds. The lowest BCUT2D eigenvalue weighted by Gasteiger charge is -2.26. The second-order valence-electron chi connectivity index (χ2n) is 5.43. The molecule has 1 rings (SSSR count). The van der Waals surface area contributed by atoms with Gasteiger partial charge in [-0.15, -0.1) is 0 Å². The van der Waals surface area contributed by atoms with Crippen molar-refractivity contribution in [3.63, 3.8) is 0 Å². The van der Waals surface area contributed by atoms with Gasteiger partial charge in [0.25, 0.3) is 0 Å². The number of hydrogen-bond donors (Lipinski definition) is 1. The van der Waals surface area contributed by atoms with Crippen molar-refractivity contribution in [2.45, 2.75) is 39.8 Å². The minimum Gasteiger partial charge on any atom is -0.480 e. The Kier molecular flexibility index (Phi) is 6.72. The maximum Gasteiger partial charge on any atom is 0.410 e. The Bertz CT molecular complexity index is 459. The highest BCUT2D eigenvalue weighted by atomic mass is 16.6. The second-order valence-corrected chi connectivity index (χ2v) is 5.43. The molecule has 0 aliphatic heterocycles. The number of carboxylic acids is 1. The first kappa shape index (κ1) is 17.0. The summed E-state index contributed by atoms with van der Waals surface area (Å²) in [6.45, 7) is 6.06. The lowest BCUT2D eigenvalue weighted by molar-refractivity contribution is -0.142. The molecule has 5 heteroatoms. The summed E-state index contributed by atoms with van der Waals surface area (Å²) in [5.74, 6) is -0.647. The zero-order valence-electron chi connectivity index (χ0n) is 12.8. The van der Waals surface area contributed by atoms with Crippen molar-refractivity contribution in [1.29, 1.82) is 0 Å². The summed E-state index contributed by atoms with van der Waals surface area (Å²) in [5, 5.41) is 9.10. The molecule has 5 nitrogen and oxygen atoms in total. The van der Waals surface area contributed by atoms with Crippen LogP contribution in [0.2, 0.25) is 0 Å². The van der Waals surface area contributed by atoms with Gasteiger partial charge in [-0.2, -0.15) is 0 Å². The van der Waals surface area contributed by atoms with Gasteiger partial charge in [-0.3, -0.25) is 4.90 Å². The van der Waals surface area contributed by atoms with Crippen molar-refractivity contribution >= 4 is 12.1 Å². The smallest absolute Gasteiger partial charge is 0.410 e. The Morgan fingerprint density at radius 3 is 2.33 bits per heavy atom. The van der Waals surface area contributed by atoms with Crippen LogP contribution in [0.3, 0.4) is 0 Å². The van der Waals surface area contributed by atoms with Gasteiger partial charge in [-0.1, -0.05) is 44.2 Å². The van der Waals surface area contributed by atoms with E-state index in [0.717, 1.165) is 12.0 Å². The minimum absolute atomic E-state index is 0.143. The van der Waals surface area contributed by atoms with Gasteiger partial charge in [0.15, 0.2) is 0 Å². The molecule has 1 atom stereocenters. The predicted octanol–water partition coefficient (Wildman–Crippen LogP) is 3.14. The molecule has 1 N–H and O–H groups in total. The number of hydrogen-bond acceptors (Lipinski definition) is 3. The second kappa shape index (κ2) is 8.29. The normalized spacial score (nSPS) is 12.0. The third kappa shape index (κ3) is 5.85. The molecule has 0 aliphatic carbocycles. The number of rotatable bonds is 7. The van der Waals surface area contributed by atoms with E-state index in [-0.39, 0.29) is 6.61 Å². The third-order valence-electron chi connectivity index (χ3n) is 3.21. The number of amides is 1. The average molecular weight is 293 g/mol. The first-order valence-corrected chi connectivity index (χ1v) is 7.12. The van der Waals surface area contributed by atoms with E-state index < -0.39 is 18.1 Å². The molecule has 0 radical (unpaired) electrons. The van der Waals surface area contributed by atoms with E-state index in [0.29, 0.717) is 12.5 Å². The van der Waals surface area contributed by atoms with Crippen LogP contribution in [0.15, 0.2) is 30.3 Å². The monoisotopic (exact) mass is 293 g/mol. The molecule has 0 heterocycles. The fourth-order valence-electron chi connectivity index (χ4n) is 1.78. The molecule has 0 spiro atoms. The maximum atomic E-state index is 12.1. The fourth-order valence-corrected chi connectivity index (χ4v) is 1.78. The van der Waals surface area contributed by atoms with Gasteiger partial charge in [0.05, 0.1) is 0 Å². The SMILES string of the molecule is CC(C)CCN(C(=O)OCc1ccccc1)C(C)C(=O)O. The van der Waals surface area contributed by atoms with E-state index in [4.69, 9.17) is 9.84 Å². The van der Waals surface area contributed by atoms with E-state index in [1.165, 1.54) is 11.8 Å². The van der Waals surface area contributed by atoms with Crippen LogP contribution < -0.4 is 0 Å². The van der Waals surface area contributed by atoms with Crippen molar-refractivity contribution < 1.29 is 19.4 Å². The van der Waals surface area contributed by atoms with E-state index in [2.05, 4.69) is 0 Å². The molecule has 116 valence electrons. The lowest BCUT2D eigenvalue weighted by Crippen LogP contribution is -2.44. The molecule has 0 saturated heterocycles. The van der Waals surface area contributed by atoms with Crippen molar-refractivity contribution in [3.05, 3.63) is 35.9 Å². The van der Waals surface area contributed by atoms with Crippen molar-refractivity contribution in [3.8, 4) is 0 Å². The summed E-state index contributed by atoms with van der Waals surface area (Å²) in [4.78, 5) is 24.5. The molecule has 1 aromatic rings. The van der Waals surface area contributed by atoms with Crippen LogP contribution >= 0.6 is 0 Å². The van der Waals surface area contributed by atoms with E-state index in [1.807, 2.05) is 44.2 Å². The van der Waals surface area contributed by atoms with E-state index >= 15 is 0 Å². The highest BCUT2D eigenvalue weighted by Gasteiger charge is 2.26. The summed E-state index contributed by atoms with van der Waals surface area (Å²) in [6, 6.07) is 8.41. The highest BCUT2D eigenvalue weighted by Crippen LogP contribution is 2.10. The van der Waals surface area contributed by atoms with Gasteiger partial charge in [0, 0.05) is 6.54 Å². The molecule has 0 aromatic heterocycles. The zero-order valence-corrected chi connectivity index (χ0v) is 12.8. The number of carboxylic acid groups (broad SMARTS) is 1. The van der Waals surface area contributed by atoms with Crippen molar-refractivity contribution in [1.82, 2.24) is 4.90 Å². The molecule has 0 bridgehead atoms. The molecule has 1 aromatic carbocycles. The maximum absolute atomic E-state index is 12.1. The Morgan fingerprint density at radius 2 is 1.81 bits per heavy atom. The van der Waals surface area contributed by atoms with Crippen LogP contribution in [0.25, 0.3) is 0 Å². The number of carbonyl (C=O) groups is 2. The molecule has 0 saturated carbocycles. The van der Waals surface area contributed by atoms with Crippen LogP contribution in [0, 0.1) is 5.92 Å². The number of benzene rings is 1. The summed E-state index contributed by atoms with van der Waals surface area (Å²) < 4.78 is 5.22. The van der Waals surface area contributed by atoms with Gasteiger partial charge >= 0.3 is 12.1 Å². The van der Waals surface area contributed by atoms with Crippen molar-refractivity contribution in [2.24, 2.45) is 5.92 Å².